The summed E-state index contributed by atoms with van der Waals surface area (Å²) < 4.78 is 20.5. The number of aryl methyl sites for hydroxylation is 3. The van der Waals surface area contributed by atoms with Crippen LogP contribution in [0.2, 0.25) is 0 Å². The van der Waals surface area contributed by atoms with E-state index in [1.54, 1.807) is 26.0 Å². The van der Waals surface area contributed by atoms with Gasteiger partial charge in [-0.1, -0.05) is 75.4 Å². The zero-order valence-corrected chi connectivity index (χ0v) is 34.3. The van der Waals surface area contributed by atoms with Gasteiger partial charge in [-0.15, -0.1) is 20.2 Å². The first-order valence-corrected chi connectivity index (χ1v) is 19.7. The van der Waals surface area contributed by atoms with Crippen LogP contribution in [0.5, 0.6) is 0 Å². The van der Waals surface area contributed by atoms with Crippen LogP contribution in [-0.2, 0) is 47.5 Å². The van der Waals surface area contributed by atoms with Gasteiger partial charge in [-0.05, 0) is 77.8 Å². The molecule has 0 amide bonds. The Morgan fingerprint density at radius 1 is 0.902 bits per heavy atom. The molecule has 4 aromatic carbocycles. The maximum Gasteiger partial charge on any atom is 0.519 e. The maximum absolute atomic E-state index is 13.6. The molecule has 0 spiro atoms. The molecule has 3 aromatic heterocycles. The summed E-state index contributed by atoms with van der Waals surface area (Å²) in [7, 11) is 2.03. The summed E-state index contributed by atoms with van der Waals surface area (Å²) in [5, 5.41) is 19.5. The first-order chi connectivity index (χ1) is 29.2. The molecule has 0 saturated carbocycles. The van der Waals surface area contributed by atoms with Crippen molar-refractivity contribution in [1.29, 1.82) is 0 Å². The van der Waals surface area contributed by atoms with Crippen LogP contribution < -0.4 is 5.82 Å². The molecule has 0 bridgehead atoms. The van der Waals surface area contributed by atoms with Gasteiger partial charge in [0.1, 0.15) is 24.4 Å². The summed E-state index contributed by atoms with van der Waals surface area (Å²) in [5.41, 5.74) is 7.92. The molecule has 0 aliphatic carbocycles. The van der Waals surface area contributed by atoms with Crippen molar-refractivity contribution >= 4 is 28.0 Å². The van der Waals surface area contributed by atoms with Crippen LogP contribution >= 0.6 is 0 Å². The number of carbonyl (C=O) groups excluding carboxylic acids is 1. The number of aromatic nitrogens is 4. The summed E-state index contributed by atoms with van der Waals surface area (Å²) in [4.78, 5) is 66.4. The van der Waals surface area contributed by atoms with Gasteiger partial charge in [-0.2, -0.15) is 0 Å². The SMILES string of the molecule is CCCc1nc2c(C)cc(-c3nc4ccccc4n3C)cc2n1Cc1ccc(-c2ccccc2C(=O)OCc2oc(=O)oc2CC(C)(C)C[C@@H](CO[N+](=O)[O-])O[N+](=O)[O-])cc1. The van der Waals surface area contributed by atoms with Crippen LogP contribution in [0.3, 0.4) is 0 Å². The smallest absolute Gasteiger partial charge is 0.454 e. The number of imidazole rings is 2. The molecule has 0 fully saturated rings. The van der Waals surface area contributed by atoms with E-state index in [0.29, 0.717) is 12.1 Å². The maximum atomic E-state index is 13.6. The highest BCUT2D eigenvalue weighted by molar-refractivity contribution is 5.97. The molecule has 61 heavy (non-hydrogen) atoms. The molecule has 1 atom stereocenters. The Labute approximate surface area is 348 Å². The van der Waals surface area contributed by atoms with Crippen molar-refractivity contribution in [2.24, 2.45) is 12.5 Å². The second kappa shape index (κ2) is 17.5. The van der Waals surface area contributed by atoms with Crippen molar-refractivity contribution in [2.75, 3.05) is 6.61 Å². The van der Waals surface area contributed by atoms with E-state index in [1.807, 2.05) is 61.6 Å². The number of fused-ring (bicyclic) bond motifs is 2. The van der Waals surface area contributed by atoms with E-state index >= 15 is 0 Å². The standard InChI is InChI=1S/C44H44N6O11/c1-6-11-39-46-40-27(2)20-30(41-45-34-14-9-10-15-35(34)47(41)5)21-36(40)48(39)24-28-16-18-29(19-17-28)32-12-7-8-13-33(32)42(51)57-26-38-37(59-43(52)60-38)23-44(3,4)22-31(61-50(55)56)25-58-49(53)54/h7-10,12-21,31H,6,11,22-26H2,1-5H3/t31-/m0/s1. The molecule has 0 aliphatic rings. The van der Waals surface area contributed by atoms with Crippen molar-refractivity contribution in [1.82, 2.24) is 19.1 Å². The van der Waals surface area contributed by atoms with Crippen LogP contribution in [-0.4, -0.2) is 48.0 Å². The molecule has 7 rings (SSSR count). The average molecular weight is 833 g/mol. The molecule has 316 valence electrons. The van der Waals surface area contributed by atoms with Gasteiger partial charge < -0.3 is 32.4 Å². The number of ether oxygens (including phenoxy) is 1. The largest absolute Gasteiger partial charge is 0.519 e. The van der Waals surface area contributed by atoms with E-state index < -0.39 is 46.7 Å². The number of benzene rings is 4. The fourth-order valence-corrected chi connectivity index (χ4v) is 7.75. The van der Waals surface area contributed by atoms with Crippen molar-refractivity contribution in [3.05, 3.63) is 150 Å². The van der Waals surface area contributed by atoms with E-state index in [9.17, 15) is 29.8 Å². The van der Waals surface area contributed by atoms with Gasteiger partial charge in [0.2, 0.25) is 0 Å². The summed E-state index contributed by atoms with van der Waals surface area (Å²) >= 11 is 0. The van der Waals surface area contributed by atoms with Gasteiger partial charge in [0.25, 0.3) is 10.2 Å². The quantitative estimate of drug-likeness (QED) is 0.0454. The fraction of sp³-hybridized carbons (Fsp3) is 0.318. The molecule has 0 N–H and O–H groups in total. The van der Waals surface area contributed by atoms with Crippen molar-refractivity contribution in [2.45, 2.75) is 72.6 Å². The van der Waals surface area contributed by atoms with Crippen molar-refractivity contribution in [3.8, 4) is 22.5 Å². The van der Waals surface area contributed by atoms with Crippen LogP contribution in [0.15, 0.2) is 98.6 Å². The Morgan fingerprint density at radius 2 is 1.62 bits per heavy atom. The lowest BCUT2D eigenvalue weighted by Gasteiger charge is -2.27. The minimum absolute atomic E-state index is 0.0123. The zero-order chi connectivity index (χ0) is 43.4. The Morgan fingerprint density at radius 3 is 2.34 bits per heavy atom. The molecule has 17 heteroatoms. The van der Waals surface area contributed by atoms with Gasteiger partial charge in [-0.3, -0.25) is 0 Å². The summed E-state index contributed by atoms with van der Waals surface area (Å²) in [6.45, 7) is 7.03. The average Bonchev–Trinajstić information content (AvgIpc) is 3.87. The highest BCUT2D eigenvalue weighted by Crippen LogP contribution is 2.33. The van der Waals surface area contributed by atoms with Crippen LogP contribution in [0.1, 0.15) is 72.4 Å². The predicted molar refractivity (Wildman–Crippen MR) is 222 cm³/mol. The normalized spacial score (nSPS) is 12.1. The minimum atomic E-state index is -1.29. The topological polar surface area (TPSA) is 210 Å². The number of hydrogen-bond acceptors (Lipinski definition) is 13. The predicted octanol–water partition coefficient (Wildman–Crippen LogP) is 8.21. The zero-order valence-electron chi connectivity index (χ0n) is 34.3. The number of hydrogen-bond donors (Lipinski definition) is 0. The molecule has 0 saturated heterocycles. The lowest BCUT2D eigenvalue weighted by Crippen LogP contribution is -2.31. The van der Waals surface area contributed by atoms with Gasteiger partial charge >= 0.3 is 11.8 Å². The number of para-hydroxylation sites is 2. The Hall–Kier alpha value is -7.30. The molecule has 0 radical (unpaired) electrons. The number of nitrogens with zero attached hydrogens (tertiary/aromatic N) is 6. The summed E-state index contributed by atoms with van der Waals surface area (Å²) in [6.07, 6.45) is 0.351. The minimum Gasteiger partial charge on any atom is -0.454 e. The van der Waals surface area contributed by atoms with E-state index in [1.165, 1.54) is 0 Å². The molecule has 17 nitrogen and oxygen atoms in total. The highest BCUT2D eigenvalue weighted by atomic mass is 17.0. The number of carbonyl (C=O) groups is 1. The van der Waals surface area contributed by atoms with Gasteiger partial charge in [0, 0.05) is 32.0 Å². The third-order valence-electron chi connectivity index (χ3n) is 10.5. The monoisotopic (exact) mass is 832 g/mol. The van der Waals surface area contributed by atoms with E-state index in [-0.39, 0.29) is 29.9 Å². The van der Waals surface area contributed by atoms with Crippen LogP contribution in [0.25, 0.3) is 44.6 Å². The molecule has 0 unspecified atom stereocenters. The first-order valence-electron chi connectivity index (χ1n) is 19.7. The lowest BCUT2D eigenvalue weighted by atomic mass is 9.82. The number of esters is 1. The van der Waals surface area contributed by atoms with Crippen LogP contribution in [0.4, 0.5) is 0 Å². The second-order valence-electron chi connectivity index (χ2n) is 15.6. The molecule has 7 aromatic rings. The Kier molecular flexibility index (Phi) is 12.0. The fourth-order valence-electron chi connectivity index (χ4n) is 7.75. The number of rotatable bonds is 18. The van der Waals surface area contributed by atoms with Crippen molar-refractivity contribution < 1.29 is 38.2 Å². The first kappa shape index (κ1) is 41.8. The van der Waals surface area contributed by atoms with E-state index in [4.69, 9.17) is 23.5 Å². The van der Waals surface area contributed by atoms with Gasteiger partial charge in [0.05, 0.1) is 27.6 Å². The third-order valence-corrected chi connectivity index (χ3v) is 10.5. The third kappa shape index (κ3) is 9.45. The van der Waals surface area contributed by atoms with Gasteiger partial charge in [-0.25, -0.2) is 19.6 Å². The summed E-state index contributed by atoms with van der Waals surface area (Å²) in [6, 6.07) is 27.4. The van der Waals surface area contributed by atoms with Crippen LogP contribution in [0, 0.1) is 32.6 Å². The van der Waals surface area contributed by atoms with E-state index in [0.717, 1.165) is 68.8 Å². The highest BCUT2D eigenvalue weighted by Gasteiger charge is 2.31. The Bertz CT molecular complexity index is 2800. The lowest BCUT2D eigenvalue weighted by molar-refractivity contribution is -0.790. The molecule has 0 aliphatic heterocycles. The van der Waals surface area contributed by atoms with Crippen molar-refractivity contribution in [3.63, 3.8) is 0 Å². The summed E-state index contributed by atoms with van der Waals surface area (Å²) in [5.74, 6) is 0.168. The van der Waals surface area contributed by atoms with E-state index in [2.05, 4.69) is 50.9 Å². The Balaban J connectivity index is 1.08. The molecule has 3 heterocycles. The molecular formula is C44H44N6O11. The second-order valence-corrected chi connectivity index (χ2v) is 15.6. The molecular weight excluding hydrogens is 789 g/mol. The van der Waals surface area contributed by atoms with Gasteiger partial charge in [0.15, 0.2) is 18.1 Å².